The molecule has 2 rings (SSSR count). The van der Waals surface area contributed by atoms with E-state index in [2.05, 4.69) is 16.7 Å². The summed E-state index contributed by atoms with van der Waals surface area (Å²) in [6.45, 7) is 1.59. The van der Waals surface area contributed by atoms with E-state index in [-0.39, 0.29) is 11.6 Å². The number of hydrogen-bond donors (Lipinski definition) is 4. The van der Waals surface area contributed by atoms with Gasteiger partial charge in [-0.05, 0) is 38.2 Å². The number of likely N-dealkylation sites (N-methyl/N-ethyl adjacent to an activating group) is 1. The van der Waals surface area contributed by atoms with E-state index in [1.165, 1.54) is 12.1 Å². The number of carbonyl (C=O) groups is 2. The van der Waals surface area contributed by atoms with Crippen LogP contribution in [0.5, 0.6) is 0 Å². The van der Waals surface area contributed by atoms with E-state index in [4.69, 9.17) is 5.21 Å². The fourth-order valence-corrected chi connectivity index (χ4v) is 2.14. The van der Waals surface area contributed by atoms with Crippen molar-refractivity contribution >= 4 is 11.8 Å². The molecular weight excluding hydrogens is 348 g/mol. The van der Waals surface area contributed by atoms with Crippen molar-refractivity contribution in [3.63, 3.8) is 0 Å². The lowest BCUT2D eigenvalue weighted by molar-refractivity contribution is -0.149. The van der Waals surface area contributed by atoms with Crippen molar-refractivity contribution in [2.24, 2.45) is 0 Å². The SMILES string of the molecule is CN1CC1C#Cc1ccc(C(=O)N[C@H](C(=O)NO)[C@](C)(O)C(F)F)cc1. The molecule has 0 aromatic heterocycles. The summed E-state index contributed by atoms with van der Waals surface area (Å²) in [5, 5.41) is 20.5. The normalized spacial score (nSPS) is 21.8. The summed E-state index contributed by atoms with van der Waals surface area (Å²) in [6, 6.07) is 4.17. The number of benzene rings is 1. The number of carbonyl (C=O) groups excluding carboxylic acids is 2. The van der Waals surface area contributed by atoms with Gasteiger partial charge in [0.2, 0.25) is 0 Å². The minimum absolute atomic E-state index is 0.0832. The number of rotatable bonds is 5. The third-order valence-corrected chi connectivity index (χ3v) is 4.06. The van der Waals surface area contributed by atoms with Gasteiger partial charge in [0.15, 0.2) is 5.60 Å². The van der Waals surface area contributed by atoms with Crippen LogP contribution in [0.1, 0.15) is 22.8 Å². The largest absolute Gasteiger partial charge is 0.381 e. The summed E-state index contributed by atoms with van der Waals surface area (Å²) in [4.78, 5) is 25.8. The number of aliphatic hydroxyl groups is 1. The Hall–Kier alpha value is -2.54. The summed E-state index contributed by atoms with van der Waals surface area (Å²) >= 11 is 0. The average molecular weight is 367 g/mol. The van der Waals surface area contributed by atoms with Gasteiger partial charge in [-0.15, -0.1) is 0 Å². The number of alkyl halides is 2. The molecule has 4 N–H and O–H groups in total. The number of halogens is 2. The van der Waals surface area contributed by atoms with E-state index >= 15 is 0 Å². The van der Waals surface area contributed by atoms with Crippen molar-refractivity contribution in [1.29, 1.82) is 0 Å². The number of nitrogens with one attached hydrogen (secondary N) is 2. The van der Waals surface area contributed by atoms with E-state index in [0.29, 0.717) is 12.5 Å². The predicted octanol–water partition coefficient (Wildman–Crippen LogP) is -0.0280. The molecule has 1 aliphatic heterocycles. The van der Waals surface area contributed by atoms with Crippen LogP contribution in [0.25, 0.3) is 0 Å². The monoisotopic (exact) mass is 367 g/mol. The van der Waals surface area contributed by atoms with Gasteiger partial charge in [-0.1, -0.05) is 11.8 Å². The first-order valence-corrected chi connectivity index (χ1v) is 7.74. The van der Waals surface area contributed by atoms with Gasteiger partial charge in [0.1, 0.15) is 6.04 Å². The van der Waals surface area contributed by atoms with E-state index in [0.717, 1.165) is 12.0 Å². The Labute approximate surface area is 148 Å². The van der Waals surface area contributed by atoms with Gasteiger partial charge in [-0.3, -0.25) is 19.7 Å². The van der Waals surface area contributed by atoms with Crippen molar-refractivity contribution in [1.82, 2.24) is 15.7 Å². The highest BCUT2D eigenvalue weighted by atomic mass is 19.3. The maximum Gasteiger partial charge on any atom is 0.269 e. The Morgan fingerprint density at radius 1 is 1.35 bits per heavy atom. The average Bonchev–Trinajstić information content (AvgIpc) is 3.32. The molecule has 1 saturated heterocycles. The Morgan fingerprint density at radius 3 is 2.38 bits per heavy atom. The van der Waals surface area contributed by atoms with Crippen molar-refractivity contribution in [2.75, 3.05) is 13.6 Å². The van der Waals surface area contributed by atoms with Crippen LogP contribution >= 0.6 is 0 Å². The summed E-state index contributed by atoms with van der Waals surface area (Å²) in [6.07, 6.45) is -3.33. The minimum Gasteiger partial charge on any atom is -0.381 e. The lowest BCUT2D eigenvalue weighted by Gasteiger charge is -2.30. The zero-order valence-corrected chi connectivity index (χ0v) is 14.2. The fraction of sp³-hybridized carbons (Fsp3) is 0.412. The first-order chi connectivity index (χ1) is 12.2. The number of nitrogens with zero attached hydrogens (tertiary/aromatic N) is 1. The second-order valence-corrected chi connectivity index (χ2v) is 6.21. The quantitative estimate of drug-likeness (QED) is 0.253. The molecular formula is C17H19F2N3O4. The van der Waals surface area contributed by atoms with Gasteiger partial charge in [0.25, 0.3) is 18.2 Å². The van der Waals surface area contributed by atoms with Crippen LogP contribution in [-0.2, 0) is 4.79 Å². The molecule has 0 bridgehead atoms. The molecule has 0 aliphatic carbocycles. The molecule has 0 saturated carbocycles. The first-order valence-electron chi connectivity index (χ1n) is 7.74. The lowest BCUT2D eigenvalue weighted by atomic mass is 9.95. The van der Waals surface area contributed by atoms with Crippen LogP contribution in [-0.4, -0.2) is 64.7 Å². The maximum atomic E-state index is 13.0. The highest BCUT2D eigenvalue weighted by Gasteiger charge is 2.46. The maximum absolute atomic E-state index is 13.0. The predicted molar refractivity (Wildman–Crippen MR) is 87.5 cm³/mol. The second-order valence-electron chi connectivity index (χ2n) is 6.21. The van der Waals surface area contributed by atoms with E-state index in [1.54, 1.807) is 12.1 Å². The molecule has 9 heteroatoms. The number of hydrogen-bond acceptors (Lipinski definition) is 5. The molecule has 4 atom stereocenters. The molecule has 1 fully saturated rings. The third kappa shape index (κ3) is 4.54. The van der Waals surface area contributed by atoms with Crippen LogP contribution in [0.3, 0.4) is 0 Å². The molecule has 140 valence electrons. The van der Waals surface area contributed by atoms with E-state index in [1.807, 2.05) is 12.4 Å². The summed E-state index contributed by atoms with van der Waals surface area (Å²) in [5.74, 6) is 3.77. The molecule has 7 nitrogen and oxygen atoms in total. The number of hydroxylamine groups is 1. The van der Waals surface area contributed by atoms with E-state index < -0.39 is 29.9 Å². The number of amides is 2. The minimum atomic E-state index is -3.33. The molecule has 1 heterocycles. The van der Waals surface area contributed by atoms with Gasteiger partial charge in [-0.25, -0.2) is 14.3 Å². The van der Waals surface area contributed by atoms with Crippen molar-refractivity contribution in [3.05, 3.63) is 35.4 Å². The molecule has 0 spiro atoms. The standard InChI is InChI=1S/C17H19F2N3O4/c1-17(25,16(18)19)13(15(24)21-26)20-14(23)11-6-3-10(4-7-11)5-8-12-9-22(12)2/h3-4,6-7,12-13,16,25-26H,9H2,1-2H3,(H,20,23)(H,21,24)/t12?,13-,17+,22?/m1/s1. The molecule has 1 aromatic rings. The third-order valence-electron chi connectivity index (χ3n) is 4.06. The lowest BCUT2D eigenvalue weighted by Crippen LogP contribution is -2.61. The van der Waals surface area contributed by atoms with Crippen LogP contribution in [0.4, 0.5) is 8.78 Å². The van der Waals surface area contributed by atoms with Crippen molar-refractivity contribution in [2.45, 2.75) is 31.0 Å². The highest BCUT2D eigenvalue weighted by molar-refractivity contribution is 5.97. The zero-order valence-electron chi connectivity index (χ0n) is 14.2. The van der Waals surface area contributed by atoms with Crippen molar-refractivity contribution in [3.8, 4) is 11.8 Å². The molecule has 26 heavy (non-hydrogen) atoms. The van der Waals surface area contributed by atoms with Crippen LogP contribution in [0, 0.1) is 11.8 Å². The van der Waals surface area contributed by atoms with Crippen LogP contribution in [0.2, 0.25) is 0 Å². The fourth-order valence-electron chi connectivity index (χ4n) is 2.14. The Bertz CT molecular complexity index is 741. The molecule has 1 aliphatic rings. The van der Waals surface area contributed by atoms with Gasteiger partial charge < -0.3 is 10.4 Å². The summed E-state index contributed by atoms with van der Waals surface area (Å²) in [7, 11) is 1.94. The van der Waals surface area contributed by atoms with E-state index in [9.17, 15) is 23.5 Å². The zero-order chi connectivity index (χ0) is 19.5. The summed E-state index contributed by atoms with van der Waals surface area (Å²) in [5.41, 5.74) is -0.956. The second kappa shape index (κ2) is 7.78. The van der Waals surface area contributed by atoms with Crippen LogP contribution < -0.4 is 10.8 Å². The highest BCUT2D eigenvalue weighted by Crippen LogP contribution is 2.20. The molecule has 1 aromatic carbocycles. The Kier molecular flexibility index (Phi) is 5.92. The topological polar surface area (TPSA) is 102 Å². The van der Waals surface area contributed by atoms with Gasteiger partial charge in [0.05, 0.1) is 6.04 Å². The molecule has 2 unspecified atom stereocenters. The van der Waals surface area contributed by atoms with Gasteiger partial charge in [-0.2, -0.15) is 0 Å². The van der Waals surface area contributed by atoms with Gasteiger partial charge >= 0.3 is 0 Å². The first kappa shape index (κ1) is 19.8. The Balaban J connectivity index is 2.10. The summed E-state index contributed by atoms with van der Waals surface area (Å²) < 4.78 is 25.9. The van der Waals surface area contributed by atoms with Crippen LogP contribution in [0.15, 0.2) is 24.3 Å². The molecule has 2 amide bonds. The van der Waals surface area contributed by atoms with Gasteiger partial charge in [0, 0.05) is 17.7 Å². The molecule has 0 radical (unpaired) electrons. The smallest absolute Gasteiger partial charge is 0.269 e. The Morgan fingerprint density at radius 2 is 1.92 bits per heavy atom. The van der Waals surface area contributed by atoms with Crippen molar-refractivity contribution < 1.29 is 28.7 Å².